The molecule has 8 nitrogen and oxygen atoms in total. The first kappa shape index (κ1) is 19.5. The normalized spacial score (nSPS) is 10.9. The molecule has 0 spiro atoms. The summed E-state index contributed by atoms with van der Waals surface area (Å²) >= 11 is 0. The zero-order chi connectivity index (χ0) is 22.1. The quantitative estimate of drug-likeness (QED) is 0.442. The summed E-state index contributed by atoms with van der Waals surface area (Å²) in [4.78, 5) is 21.9. The minimum Gasteiger partial charge on any atom is -0.493 e. The summed E-state index contributed by atoms with van der Waals surface area (Å²) in [7, 11) is 1.54. The van der Waals surface area contributed by atoms with E-state index < -0.39 is 0 Å². The van der Waals surface area contributed by atoms with Gasteiger partial charge in [0, 0.05) is 29.7 Å². The van der Waals surface area contributed by atoms with Crippen molar-refractivity contribution in [3.05, 3.63) is 84.5 Å². The number of nitrogens with zero attached hydrogens (tertiary/aromatic N) is 4. The van der Waals surface area contributed by atoms with Crippen LogP contribution in [0.15, 0.2) is 77.7 Å². The summed E-state index contributed by atoms with van der Waals surface area (Å²) in [5, 5.41) is 6.90. The average Bonchev–Trinajstić information content (AvgIpc) is 3.46. The number of carbonyl (C=O) groups excluding carboxylic acids is 1. The summed E-state index contributed by atoms with van der Waals surface area (Å²) in [6.45, 7) is 1.70. The van der Waals surface area contributed by atoms with Gasteiger partial charge < -0.3 is 14.6 Å². The summed E-state index contributed by atoms with van der Waals surface area (Å²) in [5.74, 6) is 0.781. The number of hydrogen-bond donors (Lipinski definition) is 1. The molecular weight excluding hydrogens is 406 g/mol. The van der Waals surface area contributed by atoms with Gasteiger partial charge in [-0.05, 0) is 25.1 Å². The van der Waals surface area contributed by atoms with Gasteiger partial charge >= 0.3 is 0 Å². The summed E-state index contributed by atoms with van der Waals surface area (Å²) < 4.78 is 12.8. The number of fused-ring (bicyclic) bond motifs is 1. The van der Waals surface area contributed by atoms with Gasteiger partial charge in [0.2, 0.25) is 0 Å². The molecule has 0 saturated carbocycles. The molecule has 0 bridgehead atoms. The highest BCUT2D eigenvalue weighted by atomic mass is 16.5. The van der Waals surface area contributed by atoms with E-state index in [1.165, 1.54) is 7.11 Å². The smallest absolute Gasteiger partial charge is 0.262 e. The molecule has 5 aromatic rings. The Morgan fingerprint density at radius 1 is 1.06 bits per heavy atom. The number of amides is 1. The first-order valence-corrected chi connectivity index (χ1v) is 9.95. The maximum atomic E-state index is 13.1. The minimum atomic E-state index is -0.377. The molecule has 32 heavy (non-hydrogen) atoms. The van der Waals surface area contributed by atoms with Crippen molar-refractivity contribution in [1.82, 2.24) is 19.5 Å². The lowest BCUT2D eigenvalue weighted by Gasteiger charge is -2.12. The van der Waals surface area contributed by atoms with Gasteiger partial charge in [0.1, 0.15) is 22.7 Å². The molecule has 1 amide bonds. The van der Waals surface area contributed by atoms with Gasteiger partial charge in [-0.15, -0.1) is 0 Å². The van der Waals surface area contributed by atoms with Crippen molar-refractivity contribution in [2.24, 2.45) is 0 Å². The average molecular weight is 425 g/mol. The van der Waals surface area contributed by atoms with Crippen LogP contribution in [-0.4, -0.2) is 32.5 Å². The molecule has 0 atom stereocenters. The second-order valence-electron chi connectivity index (χ2n) is 7.12. The lowest BCUT2D eigenvalue weighted by atomic mass is 10.1. The van der Waals surface area contributed by atoms with E-state index in [2.05, 4.69) is 20.4 Å². The molecule has 0 radical (unpaired) electrons. The monoisotopic (exact) mass is 425 g/mol. The van der Waals surface area contributed by atoms with Gasteiger partial charge in [-0.3, -0.25) is 9.20 Å². The SMILES string of the molecule is COc1cc(-c2cccc3nccn23)cnc1NC(=O)c1c(-c2ccccc2)noc1C. The van der Waals surface area contributed by atoms with Crippen molar-refractivity contribution in [3.8, 4) is 28.3 Å². The van der Waals surface area contributed by atoms with Gasteiger partial charge in [-0.1, -0.05) is 41.6 Å². The number of imidazole rings is 1. The number of aromatic nitrogens is 4. The molecule has 4 aromatic heterocycles. The van der Waals surface area contributed by atoms with Crippen LogP contribution in [-0.2, 0) is 0 Å². The van der Waals surface area contributed by atoms with Crippen LogP contribution >= 0.6 is 0 Å². The first-order chi connectivity index (χ1) is 15.7. The number of nitrogens with one attached hydrogen (secondary N) is 1. The lowest BCUT2D eigenvalue weighted by Crippen LogP contribution is -2.15. The van der Waals surface area contributed by atoms with E-state index >= 15 is 0 Å². The van der Waals surface area contributed by atoms with Crippen LogP contribution in [0.3, 0.4) is 0 Å². The maximum Gasteiger partial charge on any atom is 0.262 e. The Bertz CT molecular complexity index is 1420. The predicted octanol–water partition coefficient (Wildman–Crippen LogP) is 4.62. The van der Waals surface area contributed by atoms with Crippen LogP contribution in [0, 0.1) is 6.92 Å². The first-order valence-electron chi connectivity index (χ1n) is 9.95. The number of ether oxygens (including phenoxy) is 1. The number of anilines is 1. The topological polar surface area (TPSA) is 94.6 Å². The molecule has 0 saturated heterocycles. The van der Waals surface area contributed by atoms with Crippen molar-refractivity contribution in [1.29, 1.82) is 0 Å². The molecule has 0 aliphatic heterocycles. The van der Waals surface area contributed by atoms with Gasteiger partial charge in [0.25, 0.3) is 5.91 Å². The second kappa shape index (κ2) is 7.99. The number of methoxy groups -OCH3 is 1. The van der Waals surface area contributed by atoms with Gasteiger partial charge in [0.05, 0.1) is 12.8 Å². The van der Waals surface area contributed by atoms with Gasteiger partial charge in [-0.25, -0.2) is 9.97 Å². The van der Waals surface area contributed by atoms with E-state index in [4.69, 9.17) is 9.26 Å². The highest BCUT2D eigenvalue weighted by Gasteiger charge is 2.23. The summed E-state index contributed by atoms with van der Waals surface area (Å²) in [6, 6.07) is 17.1. The highest BCUT2D eigenvalue weighted by molar-refractivity contribution is 6.09. The highest BCUT2D eigenvalue weighted by Crippen LogP contribution is 2.31. The minimum absolute atomic E-state index is 0.304. The van der Waals surface area contributed by atoms with Crippen LogP contribution in [0.1, 0.15) is 16.1 Å². The van der Waals surface area contributed by atoms with Crippen molar-refractivity contribution in [3.63, 3.8) is 0 Å². The fourth-order valence-electron chi connectivity index (χ4n) is 3.62. The third kappa shape index (κ3) is 3.37. The molecule has 0 aliphatic rings. The largest absolute Gasteiger partial charge is 0.493 e. The number of aryl methyl sites for hydroxylation is 1. The van der Waals surface area contributed by atoms with Gasteiger partial charge in [-0.2, -0.15) is 0 Å². The molecular formula is C24H19N5O3. The Morgan fingerprint density at radius 3 is 2.72 bits per heavy atom. The van der Waals surface area contributed by atoms with E-state index in [0.29, 0.717) is 28.6 Å². The number of rotatable bonds is 5. The standard InChI is InChI=1S/C24H19N5O3/c1-15-21(22(28-32-15)16-7-4-3-5-8-16)24(30)27-23-19(31-2)13-17(14-26-23)18-9-6-10-20-25-11-12-29(18)20/h3-14H,1-2H3,(H,26,27,30). The van der Waals surface area contributed by atoms with Crippen molar-refractivity contribution >= 4 is 17.4 Å². The second-order valence-corrected chi connectivity index (χ2v) is 7.12. The number of pyridine rings is 2. The van der Waals surface area contributed by atoms with Crippen LogP contribution in [0.5, 0.6) is 5.75 Å². The molecule has 0 aliphatic carbocycles. The Labute approximate surface area is 183 Å². The Kier molecular flexibility index (Phi) is 4.87. The molecule has 8 heteroatoms. The van der Waals surface area contributed by atoms with Crippen LogP contribution in [0.2, 0.25) is 0 Å². The van der Waals surface area contributed by atoms with E-state index in [1.807, 2.05) is 65.2 Å². The van der Waals surface area contributed by atoms with Crippen molar-refractivity contribution in [2.45, 2.75) is 6.92 Å². The van der Waals surface area contributed by atoms with E-state index in [0.717, 1.165) is 22.5 Å². The molecule has 1 N–H and O–H groups in total. The third-order valence-corrected chi connectivity index (χ3v) is 5.17. The molecule has 1 aromatic carbocycles. The van der Waals surface area contributed by atoms with Crippen LogP contribution < -0.4 is 10.1 Å². The van der Waals surface area contributed by atoms with Crippen molar-refractivity contribution < 1.29 is 14.1 Å². The molecule has 4 heterocycles. The van der Waals surface area contributed by atoms with E-state index in [9.17, 15) is 4.79 Å². The fourth-order valence-corrected chi connectivity index (χ4v) is 3.62. The number of hydrogen-bond acceptors (Lipinski definition) is 6. The predicted molar refractivity (Wildman–Crippen MR) is 120 cm³/mol. The Morgan fingerprint density at radius 2 is 1.91 bits per heavy atom. The molecule has 5 rings (SSSR count). The Balaban J connectivity index is 1.49. The molecule has 0 unspecified atom stereocenters. The zero-order valence-electron chi connectivity index (χ0n) is 17.4. The van der Waals surface area contributed by atoms with Crippen LogP contribution in [0.25, 0.3) is 28.2 Å². The lowest BCUT2D eigenvalue weighted by molar-refractivity contribution is 0.102. The number of benzene rings is 1. The summed E-state index contributed by atoms with van der Waals surface area (Å²) in [5.41, 5.74) is 4.18. The van der Waals surface area contributed by atoms with Crippen LogP contribution in [0.4, 0.5) is 5.82 Å². The molecule has 0 fully saturated rings. The third-order valence-electron chi connectivity index (χ3n) is 5.17. The molecule has 158 valence electrons. The fraction of sp³-hybridized carbons (Fsp3) is 0.0833. The van der Waals surface area contributed by atoms with Gasteiger partial charge in [0.15, 0.2) is 11.6 Å². The zero-order valence-corrected chi connectivity index (χ0v) is 17.4. The van der Waals surface area contributed by atoms with E-state index in [-0.39, 0.29) is 5.91 Å². The number of carbonyl (C=O) groups is 1. The Hall–Kier alpha value is -4.46. The summed E-state index contributed by atoms with van der Waals surface area (Å²) in [6.07, 6.45) is 5.31. The maximum absolute atomic E-state index is 13.1. The van der Waals surface area contributed by atoms with Crippen molar-refractivity contribution in [2.75, 3.05) is 12.4 Å². The van der Waals surface area contributed by atoms with E-state index in [1.54, 1.807) is 19.3 Å².